The topological polar surface area (TPSA) is 58.6 Å². The average Bonchev–Trinajstić information content (AvgIpc) is 2.89. The molecule has 0 bridgehead atoms. The largest absolute Gasteiger partial charge is 0.494 e. The van der Waals surface area contributed by atoms with Crippen molar-refractivity contribution in [2.24, 2.45) is 0 Å². The molecule has 3 rings (SSSR count). The zero-order valence-electron chi connectivity index (χ0n) is 13.9. The Bertz CT molecular complexity index is 759. The van der Waals surface area contributed by atoms with Gasteiger partial charge in [0.05, 0.1) is 24.8 Å². The van der Waals surface area contributed by atoms with E-state index in [4.69, 9.17) is 16.3 Å². The summed E-state index contributed by atoms with van der Waals surface area (Å²) >= 11 is 5.86. The average molecular weight is 359 g/mol. The van der Waals surface area contributed by atoms with E-state index in [9.17, 15) is 9.59 Å². The molecule has 6 heteroatoms. The fraction of sp³-hybridized carbons (Fsp3) is 0.263. The molecule has 25 heavy (non-hydrogen) atoms. The molecule has 130 valence electrons. The Balaban J connectivity index is 1.66. The molecule has 2 amide bonds. The number of amides is 2. The van der Waals surface area contributed by atoms with Gasteiger partial charge in [0.2, 0.25) is 5.91 Å². The van der Waals surface area contributed by atoms with E-state index in [1.54, 1.807) is 36.4 Å². The molecular weight excluding hydrogens is 340 g/mol. The van der Waals surface area contributed by atoms with Gasteiger partial charge < -0.3 is 10.1 Å². The monoisotopic (exact) mass is 358 g/mol. The number of nitrogens with one attached hydrogen (secondary N) is 1. The van der Waals surface area contributed by atoms with E-state index < -0.39 is 6.04 Å². The summed E-state index contributed by atoms with van der Waals surface area (Å²) in [5.41, 5.74) is 1.57. The van der Waals surface area contributed by atoms with E-state index in [2.05, 4.69) is 5.32 Å². The molecule has 2 aromatic carbocycles. The van der Waals surface area contributed by atoms with E-state index in [0.717, 1.165) is 5.56 Å². The van der Waals surface area contributed by atoms with Crippen molar-refractivity contribution in [1.29, 1.82) is 0 Å². The summed E-state index contributed by atoms with van der Waals surface area (Å²) in [5, 5.41) is 3.81. The molecule has 1 atom stereocenters. The lowest BCUT2D eigenvalue weighted by atomic mass is 10.2. The number of anilines is 1. The SMILES string of the molecule is CCOc1ccc(N2C(=O)C[C@@H](NCc3ccc(Cl)cc3)C2=O)cc1. The lowest BCUT2D eigenvalue weighted by Gasteiger charge is -2.16. The highest BCUT2D eigenvalue weighted by molar-refractivity contribution is 6.30. The Morgan fingerprint density at radius 1 is 1.12 bits per heavy atom. The maximum atomic E-state index is 12.6. The standard InChI is InChI=1S/C19H19ClN2O3/c1-2-25-16-9-7-15(8-10-16)22-18(23)11-17(19(22)24)21-12-13-3-5-14(20)6-4-13/h3-10,17,21H,2,11-12H2,1H3/t17-/m1/s1. The van der Waals surface area contributed by atoms with Gasteiger partial charge in [-0.15, -0.1) is 0 Å². The van der Waals surface area contributed by atoms with Crippen LogP contribution in [-0.4, -0.2) is 24.5 Å². The van der Waals surface area contributed by atoms with Crippen LogP contribution in [0.3, 0.4) is 0 Å². The van der Waals surface area contributed by atoms with E-state index >= 15 is 0 Å². The van der Waals surface area contributed by atoms with Gasteiger partial charge in [-0.1, -0.05) is 23.7 Å². The van der Waals surface area contributed by atoms with Crippen molar-refractivity contribution >= 4 is 29.1 Å². The van der Waals surface area contributed by atoms with Gasteiger partial charge in [0.25, 0.3) is 5.91 Å². The summed E-state index contributed by atoms with van der Waals surface area (Å²) in [6, 6.07) is 13.8. The minimum Gasteiger partial charge on any atom is -0.494 e. The smallest absolute Gasteiger partial charge is 0.251 e. The van der Waals surface area contributed by atoms with Gasteiger partial charge in [-0.2, -0.15) is 0 Å². The van der Waals surface area contributed by atoms with Crippen molar-refractivity contribution in [3.63, 3.8) is 0 Å². The zero-order chi connectivity index (χ0) is 17.8. The molecule has 0 aromatic heterocycles. The molecule has 0 radical (unpaired) electrons. The number of hydrogen-bond donors (Lipinski definition) is 1. The highest BCUT2D eigenvalue weighted by Gasteiger charge is 2.39. The van der Waals surface area contributed by atoms with Gasteiger partial charge in [0.1, 0.15) is 5.75 Å². The van der Waals surface area contributed by atoms with Crippen LogP contribution in [0, 0.1) is 0 Å². The molecule has 1 saturated heterocycles. The van der Waals surface area contributed by atoms with Crippen molar-refractivity contribution in [2.75, 3.05) is 11.5 Å². The van der Waals surface area contributed by atoms with Gasteiger partial charge in [-0.3, -0.25) is 9.59 Å². The van der Waals surface area contributed by atoms with Crippen molar-refractivity contribution < 1.29 is 14.3 Å². The molecule has 1 fully saturated rings. The van der Waals surface area contributed by atoms with Crippen LogP contribution in [0.4, 0.5) is 5.69 Å². The second kappa shape index (κ2) is 7.68. The second-order valence-corrected chi connectivity index (χ2v) is 6.19. The molecule has 0 saturated carbocycles. The lowest BCUT2D eigenvalue weighted by Crippen LogP contribution is -2.38. The first kappa shape index (κ1) is 17.5. The fourth-order valence-electron chi connectivity index (χ4n) is 2.76. The maximum absolute atomic E-state index is 12.6. The predicted molar refractivity (Wildman–Crippen MR) is 96.8 cm³/mol. The number of halogens is 1. The summed E-state index contributed by atoms with van der Waals surface area (Å²) in [6.07, 6.45) is 0.152. The van der Waals surface area contributed by atoms with Crippen LogP contribution in [0.2, 0.25) is 5.02 Å². The molecule has 0 unspecified atom stereocenters. The fourth-order valence-corrected chi connectivity index (χ4v) is 2.89. The number of benzene rings is 2. The Morgan fingerprint density at radius 3 is 2.44 bits per heavy atom. The summed E-state index contributed by atoms with van der Waals surface area (Å²) in [6.45, 7) is 2.97. The van der Waals surface area contributed by atoms with E-state index in [1.807, 2.05) is 19.1 Å². The van der Waals surface area contributed by atoms with E-state index in [-0.39, 0.29) is 18.2 Å². The number of nitrogens with zero attached hydrogens (tertiary/aromatic N) is 1. The lowest BCUT2D eigenvalue weighted by molar-refractivity contribution is -0.121. The summed E-state index contributed by atoms with van der Waals surface area (Å²) in [5.74, 6) is 0.272. The number of carbonyl (C=O) groups is 2. The molecule has 5 nitrogen and oxygen atoms in total. The van der Waals surface area contributed by atoms with Crippen LogP contribution in [0.1, 0.15) is 18.9 Å². The third-order valence-corrected chi connectivity index (χ3v) is 4.27. The first-order valence-corrected chi connectivity index (χ1v) is 8.53. The van der Waals surface area contributed by atoms with Crippen LogP contribution >= 0.6 is 11.6 Å². The van der Waals surface area contributed by atoms with Gasteiger partial charge in [-0.25, -0.2) is 4.90 Å². The van der Waals surface area contributed by atoms with Crippen LogP contribution < -0.4 is 15.0 Å². The van der Waals surface area contributed by atoms with Crippen LogP contribution in [0.25, 0.3) is 0 Å². The predicted octanol–water partition coefficient (Wildman–Crippen LogP) is 3.16. The third-order valence-electron chi connectivity index (χ3n) is 4.02. The maximum Gasteiger partial charge on any atom is 0.251 e. The first-order chi connectivity index (χ1) is 12.1. The summed E-state index contributed by atoms with van der Waals surface area (Å²) in [7, 11) is 0. The second-order valence-electron chi connectivity index (χ2n) is 5.76. The van der Waals surface area contributed by atoms with Gasteiger partial charge in [-0.05, 0) is 48.9 Å². The number of ether oxygens (including phenoxy) is 1. The Labute approximate surface area is 151 Å². The molecule has 1 aliphatic rings. The van der Waals surface area contributed by atoms with Crippen molar-refractivity contribution in [3.8, 4) is 5.75 Å². The molecule has 0 aliphatic carbocycles. The quantitative estimate of drug-likeness (QED) is 0.806. The van der Waals surface area contributed by atoms with Crippen molar-refractivity contribution in [3.05, 3.63) is 59.1 Å². The molecule has 1 aliphatic heterocycles. The van der Waals surface area contributed by atoms with Crippen LogP contribution in [-0.2, 0) is 16.1 Å². The van der Waals surface area contributed by atoms with E-state index in [1.165, 1.54) is 4.90 Å². The minimum atomic E-state index is -0.519. The normalized spacial score (nSPS) is 17.2. The van der Waals surface area contributed by atoms with Gasteiger partial charge in [0, 0.05) is 11.6 Å². The molecule has 0 spiro atoms. The van der Waals surface area contributed by atoms with Crippen molar-refractivity contribution in [1.82, 2.24) is 5.32 Å². The van der Waals surface area contributed by atoms with Crippen LogP contribution in [0.15, 0.2) is 48.5 Å². The van der Waals surface area contributed by atoms with E-state index in [0.29, 0.717) is 29.6 Å². The number of imide groups is 1. The molecule has 2 aromatic rings. The van der Waals surface area contributed by atoms with Gasteiger partial charge in [0.15, 0.2) is 0 Å². The number of carbonyl (C=O) groups excluding carboxylic acids is 2. The molecule has 1 N–H and O–H groups in total. The van der Waals surface area contributed by atoms with Gasteiger partial charge >= 0.3 is 0 Å². The highest BCUT2D eigenvalue weighted by atomic mass is 35.5. The zero-order valence-corrected chi connectivity index (χ0v) is 14.6. The summed E-state index contributed by atoms with van der Waals surface area (Å²) in [4.78, 5) is 26.1. The number of rotatable bonds is 6. The number of hydrogen-bond acceptors (Lipinski definition) is 4. The van der Waals surface area contributed by atoms with Crippen molar-refractivity contribution in [2.45, 2.75) is 25.9 Å². The molecular formula is C19H19ClN2O3. The Kier molecular flexibility index (Phi) is 5.36. The van der Waals surface area contributed by atoms with Crippen LogP contribution in [0.5, 0.6) is 5.75 Å². The third kappa shape index (κ3) is 4.00. The molecule has 1 heterocycles. The highest BCUT2D eigenvalue weighted by Crippen LogP contribution is 2.25. The summed E-state index contributed by atoms with van der Waals surface area (Å²) < 4.78 is 5.38. The Morgan fingerprint density at radius 2 is 1.80 bits per heavy atom. The minimum absolute atomic E-state index is 0.152. The first-order valence-electron chi connectivity index (χ1n) is 8.16. The Hall–Kier alpha value is -2.37.